The number of nitrogens with one attached hydrogen (secondary N) is 1. The van der Waals surface area contributed by atoms with Crippen LogP contribution in [0.3, 0.4) is 0 Å². The van der Waals surface area contributed by atoms with Crippen LogP contribution in [0, 0.1) is 28.4 Å². The SMILES string of the molecule is Cc1ccc(-c2cc(-c3ccccc3)nc(SCC(=O)Nc3ccccc3[N+](=O)[O-])c2C#N)cc1. The van der Waals surface area contributed by atoms with Crippen molar-refractivity contribution in [2.24, 2.45) is 0 Å². The maximum atomic E-state index is 12.6. The van der Waals surface area contributed by atoms with Crippen LogP contribution in [0.4, 0.5) is 11.4 Å². The van der Waals surface area contributed by atoms with E-state index in [2.05, 4.69) is 11.4 Å². The van der Waals surface area contributed by atoms with Gasteiger partial charge in [-0.15, -0.1) is 0 Å². The average Bonchev–Trinajstić information content (AvgIpc) is 2.88. The number of nitro groups is 1. The number of hydrogen-bond donors (Lipinski definition) is 1. The number of aryl methyl sites for hydroxylation is 1. The Morgan fingerprint density at radius 2 is 1.71 bits per heavy atom. The lowest BCUT2D eigenvalue weighted by molar-refractivity contribution is -0.383. The molecule has 35 heavy (non-hydrogen) atoms. The van der Waals surface area contributed by atoms with Gasteiger partial charge in [-0.25, -0.2) is 4.98 Å². The topological polar surface area (TPSA) is 109 Å². The van der Waals surface area contributed by atoms with Crippen LogP contribution in [0.25, 0.3) is 22.4 Å². The summed E-state index contributed by atoms with van der Waals surface area (Å²) in [5.74, 6) is -0.503. The number of para-hydroxylation sites is 2. The average molecular weight is 481 g/mol. The molecule has 1 aromatic heterocycles. The minimum absolute atomic E-state index is 0.0701. The van der Waals surface area contributed by atoms with E-state index in [1.54, 1.807) is 6.07 Å². The van der Waals surface area contributed by atoms with E-state index in [1.165, 1.54) is 18.2 Å². The molecule has 4 aromatic rings. The monoisotopic (exact) mass is 480 g/mol. The Morgan fingerprint density at radius 3 is 2.40 bits per heavy atom. The maximum Gasteiger partial charge on any atom is 0.292 e. The number of carbonyl (C=O) groups is 1. The summed E-state index contributed by atoms with van der Waals surface area (Å²) in [4.78, 5) is 28.0. The highest BCUT2D eigenvalue weighted by Crippen LogP contribution is 2.34. The van der Waals surface area contributed by atoms with E-state index >= 15 is 0 Å². The standard InChI is InChI=1S/C27H20N4O3S/c1-18-11-13-19(14-12-18)21-15-24(20-7-3-2-4-8-20)30-27(22(21)16-28)35-17-26(32)29-23-9-5-6-10-25(23)31(33)34/h2-15H,17H2,1H3,(H,29,32). The Bertz CT molecular complexity index is 1430. The quantitative estimate of drug-likeness (QED) is 0.191. The summed E-state index contributed by atoms with van der Waals surface area (Å²) in [6.45, 7) is 1.99. The number of aromatic nitrogens is 1. The Morgan fingerprint density at radius 1 is 1.03 bits per heavy atom. The fraction of sp³-hybridized carbons (Fsp3) is 0.0741. The molecule has 0 aliphatic carbocycles. The summed E-state index contributed by atoms with van der Waals surface area (Å²) in [5.41, 5.74) is 4.58. The van der Waals surface area contributed by atoms with E-state index in [0.717, 1.165) is 34.0 Å². The highest BCUT2D eigenvalue weighted by Gasteiger charge is 2.19. The summed E-state index contributed by atoms with van der Waals surface area (Å²) in [7, 11) is 0. The Hall–Kier alpha value is -4.48. The smallest absolute Gasteiger partial charge is 0.292 e. The number of nitrogens with zero attached hydrogens (tertiary/aromatic N) is 3. The van der Waals surface area contributed by atoms with Crippen LogP contribution in [0.15, 0.2) is 90.0 Å². The summed E-state index contributed by atoms with van der Waals surface area (Å²) in [5, 5.41) is 24.2. The maximum absolute atomic E-state index is 12.6. The van der Waals surface area contributed by atoms with Gasteiger partial charge in [0, 0.05) is 17.2 Å². The molecule has 8 heteroatoms. The molecule has 1 N–H and O–H groups in total. The first kappa shape index (κ1) is 23.7. The highest BCUT2D eigenvalue weighted by molar-refractivity contribution is 8.00. The molecular formula is C27H20N4O3S. The van der Waals surface area contributed by atoms with E-state index in [9.17, 15) is 20.2 Å². The van der Waals surface area contributed by atoms with Gasteiger partial charge in [-0.3, -0.25) is 14.9 Å². The first-order chi connectivity index (χ1) is 17.0. The van der Waals surface area contributed by atoms with Gasteiger partial charge in [0.1, 0.15) is 16.8 Å². The molecule has 172 valence electrons. The summed E-state index contributed by atoms with van der Waals surface area (Å²) in [6.07, 6.45) is 0. The van der Waals surface area contributed by atoms with Gasteiger partial charge in [-0.05, 0) is 24.6 Å². The fourth-order valence-corrected chi connectivity index (χ4v) is 4.31. The van der Waals surface area contributed by atoms with E-state index in [-0.39, 0.29) is 17.1 Å². The van der Waals surface area contributed by atoms with Crippen molar-refractivity contribution in [3.8, 4) is 28.5 Å². The lowest BCUT2D eigenvalue weighted by Crippen LogP contribution is -2.15. The zero-order valence-corrected chi connectivity index (χ0v) is 19.6. The van der Waals surface area contributed by atoms with Crippen molar-refractivity contribution in [3.63, 3.8) is 0 Å². The fourth-order valence-electron chi connectivity index (χ4n) is 3.51. The Balaban J connectivity index is 1.68. The van der Waals surface area contributed by atoms with Gasteiger partial charge in [-0.1, -0.05) is 84.1 Å². The second kappa shape index (κ2) is 10.6. The molecule has 1 amide bonds. The number of anilines is 1. The first-order valence-electron chi connectivity index (χ1n) is 10.7. The molecule has 0 saturated carbocycles. The third-order valence-corrected chi connectivity index (χ3v) is 6.22. The summed E-state index contributed by atoms with van der Waals surface area (Å²) >= 11 is 1.12. The first-order valence-corrected chi connectivity index (χ1v) is 11.7. The Labute approximate surface area is 206 Å². The van der Waals surface area contributed by atoms with Gasteiger partial charge in [0.25, 0.3) is 5.69 Å². The molecule has 0 bridgehead atoms. The second-order valence-corrected chi connectivity index (χ2v) is 8.65. The molecule has 0 saturated heterocycles. The lowest BCUT2D eigenvalue weighted by atomic mass is 9.98. The molecule has 0 aliphatic heterocycles. The molecule has 0 radical (unpaired) electrons. The van der Waals surface area contributed by atoms with E-state index in [1.807, 2.05) is 67.6 Å². The third kappa shape index (κ3) is 5.54. The number of thioether (sulfide) groups is 1. The van der Waals surface area contributed by atoms with Crippen LogP contribution in [0.2, 0.25) is 0 Å². The minimum Gasteiger partial charge on any atom is -0.320 e. The van der Waals surface area contributed by atoms with Crippen LogP contribution >= 0.6 is 11.8 Å². The molecule has 0 aliphatic rings. The van der Waals surface area contributed by atoms with Crippen molar-refractivity contribution < 1.29 is 9.72 Å². The highest BCUT2D eigenvalue weighted by atomic mass is 32.2. The van der Waals surface area contributed by atoms with Crippen LogP contribution in [0.1, 0.15) is 11.1 Å². The van der Waals surface area contributed by atoms with Crippen LogP contribution in [0.5, 0.6) is 0 Å². The van der Waals surface area contributed by atoms with Gasteiger partial charge < -0.3 is 5.32 Å². The van der Waals surface area contributed by atoms with Crippen molar-refractivity contribution in [1.29, 1.82) is 5.26 Å². The number of carbonyl (C=O) groups excluding carboxylic acids is 1. The number of rotatable bonds is 7. The number of nitro benzene ring substituents is 1. The zero-order valence-electron chi connectivity index (χ0n) is 18.8. The lowest BCUT2D eigenvalue weighted by Gasteiger charge is -2.13. The molecular weight excluding hydrogens is 460 g/mol. The van der Waals surface area contributed by atoms with Crippen LogP contribution in [-0.4, -0.2) is 21.6 Å². The third-order valence-electron chi connectivity index (χ3n) is 5.25. The zero-order chi connectivity index (χ0) is 24.8. The molecule has 0 atom stereocenters. The number of nitriles is 1. The number of hydrogen-bond acceptors (Lipinski definition) is 6. The minimum atomic E-state index is -0.546. The van der Waals surface area contributed by atoms with Gasteiger partial charge in [0.05, 0.1) is 21.9 Å². The van der Waals surface area contributed by atoms with Crippen LogP contribution in [-0.2, 0) is 4.79 Å². The summed E-state index contributed by atoms with van der Waals surface area (Å²) in [6, 6.07) is 27.6. The number of pyridine rings is 1. The molecule has 0 fully saturated rings. The molecule has 3 aromatic carbocycles. The normalized spacial score (nSPS) is 10.4. The predicted octanol–water partition coefficient (Wildman–Crippen LogP) is 6.23. The number of benzene rings is 3. The van der Waals surface area contributed by atoms with Gasteiger partial charge in [0.2, 0.25) is 5.91 Å². The van der Waals surface area contributed by atoms with E-state index in [0.29, 0.717) is 16.3 Å². The largest absolute Gasteiger partial charge is 0.320 e. The van der Waals surface area contributed by atoms with Crippen molar-refractivity contribution in [2.45, 2.75) is 11.9 Å². The second-order valence-electron chi connectivity index (χ2n) is 7.69. The van der Waals surface area contributed by atoms with Gasteiger partial charge in [0.15, 0.2) is 0 Å². The molecule has 0 spiro atoms. The van der Waals surface area contributed by atoms with Crippen molar-refractivity contribution in [3.05, 3.63) is 106 Å². The van der Waals surface area contributed by atoms with Gasteiger partial charge >= 0.3 is 0 Å². The molecule has 1 heterocycles. The summed E-state index contributed by atoms with van der Waals surface area (Å²) < 4.78 is 0. The molecule has 7 nitrogen and oxygen atoms in total. The predicted molar refractivity (Wildman–Crippen MR) is 137 cm³/mol. The molecule has 0 unspecified atom stereocenters. The molecule has 4 rings (SSSR count). The van der Waals surface area contributed by atoms with Crippen molar-refractivity contribution in [2.75, 3.05) is 11.1 Å². The Kier molecular flexibility index (Phi) is 7.19. The number of amides is 1. The van der Waals surface area contributed by atoms with E-state index < -0.39 is 10.8 Å². The van der Waals surface area contributed by atoms with E-state index in [4.69, 9.17) is 4.98 Å². The van der Waals surface area contributed by atoms with Gasteiger partial charge in [-0.2, -0.15) is 5.26 Å². The van der Waals surface area contributed by atoms with Crippen LogP contribution < -0.4 is 5.32 Å². The van der Waals surface area contributed by atoms with Crippen molar-refractivity contribution in [1.82, 2.24) is 4.98 Å². The van der Waals surface area contributed by atoms with Crippen molar-refractivity contribution >= 4 is 29.0 Å².